The van der Waals surface area contributed by atoms with Crippen molar-refractivity contribution in [1.29, 1.82) is 0 Å². The molecule has 0 aromatic heterocycles. The van der Waals surface area contributed by atoms with E-state index in [0.29, 0.717) is 5.92 Å². The van der Waals surface area contributed by atoms with E-state index in [1.807, 2.05) is 0 Å². The Morgan fingerprint density at radius 1 is 0.818 bits per heavy atom. The molecule has 0 heterocycles. The number of rotatable bonds is 13. The Kier molecular flexibility index (Phi) is 17.2. The minimum Gasteiger partial charge on any atom is -0.333 e. The lowest BCUT2D eigenvalue weighted by atomic mass is 9.89. The van der Waals surface area contributed by atoms with Crippen LogP contribution in [0.2, 0.25) is 0 Å². The molecule has 0 radical (unpaired) electrons. The second kappa shape index (κ2) is 15.7. The molecule has 0 bridgehead atoms. The molecule has 0 aromatic rings. The third-order valence-corrected chi connectivity index (χ3v) is 4.02. The zero-order valence-electron chi connectivity index (χ0n) is 16.1. The topological polar surface area (TPSA) is 53.7 Å². The van der Waals surface area contributed by atoms with Gasteiger partial charge in [0.05, 0.1) is 0 Å². The molecule has 0 rings (SSSR count). The van der Waals surface area contributed by atoms with E-state index in [4.69, 9.17) is 14.2 Å². The second-order valence-electron chi connectivity index (χ2n) is 6.10. The molecule has 0 aliphatic rings. The zero-order chi connectivity index (χ0) is 17.4. The van der Waals surface area contributed by atoms with Crippen LogP contribution in [0.4, 0.5) is 0 Å². The molecule has 0 fully saturated rings. The van der Waals surface area contributed by atoms with Crippen LogP contribution in [0.1, 0.15) is 72.1 Å². The van der Waals surface area contributed by atoms with E-state index in [2.05, 4.69) is 26.5 Å². The van der Waals surface area contributed by atoms with Gasteiger partial charge in [-0.2, -0.15) is 0 Å². The van der Waals surface area contributed by atoms with Gasteiger partial charge in [0.2, 0.25) is 0 Å². The highest BCUT2D eigenvalue weighted by atomic mass is 16.9. The Labute approximate surface area is 139 Å². The van der Waals surface area contributed by atoms with Gasteiger partial charge in [0.15, 0.2) is 0 Å². The normalized spacial score (nSPS) is 13.0. The molecule has 1 atom stereocenters. The maximum absolute atomic E-state index is 5.55. The van der Waals surface area contributed by atoms with E-state index >= 15 is 0 Å². The molecule has 0 aromatic carbocycles. The van der Waals surface area contributed by atoms with Crippen molar-refractivity contribution in [2.45, 2.75) is 78.1 Å². The maximum Gasteiger partial charge on any atom is 0.285 e. The van der Waals surface area contributed by atoms with Gasteiger partial charge >= 0.3 is 0 Å². The van der Waals surface area contributed by atoms with Gasteiger partial charge in [-0.15, -0.1) is 0 Å². The highest BCUT2D eigenvalue weighted by molar-refractivity contribution is 4.72. The molecule has 0 aliphatic carbocycles. The Morgan fingerprint density at radius 3 is 1.68 bits per heavy atom. The molecule has 2 N–H and O–H groups in total. The first-order chi connectivity index (χ1) is 10.6. The highest BCUT2D eigenvalue weighted by Gasteiger charge is 2.39. The minimum absolute atomic E-state index is 0.286. The predicted molar refractivity (Wildman–Crippen MR) is 94.8 cm³/mol. The lowest BCUT2D eigenvalue weighted by molar-refractivity contribution is -0.381. The average Bonchev–Trinajstić information content (AvgIpc) is 2.54. The second-order valence-corrected chi connectivity index (χ2v) is 6.10. The summed E-state index contributed by atoms with van der Waals surface area (Å²) in [6.45, 7) is 6.72. The Balaban J connectivity index is 0. The summed E-state index contributed by atoms with van der Waals surface area (Å²) >= 11 is 0. The van der Waals surface area contributed by atoms with Crippen LogP contribution in [0.25, 0.3) is 0 Å². The monoisotopic (exact) mass is 319 g/mol. The van der Waals surface area contributed by atoms with Gasteiger partial charge < -0.3 is 19.9 Å². The molecule has 0 spiro atoms. The first-order valence-corrected chi connectivity index (χ1v) is 8.79. The largest absolute Gasteiger partial charge is 0.333 e. The van der Waals surface area contributed by atoms with Crippen molar-refractivity contribution >= 4 is 0 Å². The molecule has 0 saturated heterocycles. The van der Waals surface area contributed by atoms with Crippen LogP contribution in [-0.2, 0) is 14.2 Å². The Hall–Kier alpha value is -0.160. The van der Waals surface area contributed by atoms with E-state index in [9.17, 15) is 0 Å². The molecular formula is C18H41NO3. The summed E-state index contributed by atoms with van der Waals surface area (Å²) in [5.74, 6) is 0.0156. The molecule has 0 saturated carbocycles. The molecule has 22 heavy (non-hydrogen) atoms. The van der Waals surface area contributed by atoms with Crippen LogP contribution in [0.15, 0.2) is 0 Å². The molecule has 4 nitrogen and oxygen atoms in total. The van der Waals surface area contributed by atoms with Crippen molar-refractivity contribution in [3.8, 4) is 0 Å². The summed E-state index contributed by atoms with van der Waals surface area (Å²) in [6, 6.07) is 0. The van der Waals surface area contributed by atoms with Crippen molar-refractivity contribution in [1.82, 2.24) is 0 Å². The summed E-state index contributed by atoms with van der Waals surface area (Å²) in [7, 11) is 6.50. The van der Waals surface area contributed by atoms with Crippen molar-refractivity contribution in [2.24, 2.45) is 17.6 Å². The van der Waals surface area contributed by atoms with Crippen molar-refractivity contribution in [2.75, 3.05) is 28.4 Å². The zero-order valence-corrected chi connectivity index (χ0v) is 16.1. The van der Waals surface area contributed by atoms with Crippen LogP contribution >= 0.6 is 0 Å². The average molecular weight is 320 g/mol. The first kappa shape index (κ1) is 24.1. The number of ether oxygens (including phenoxy) is 3. The van der Waals surface area contributed by atoms with Gasteiger partial charge in [0.1, 0.15) is 0 Å². The number of methoxy groups -OCH3 is 3. The van der Waals surface area contributed by atoms with Gasteiger partial charge in [-0.1, -0.05) is 59.3 Å². The van der Waals surface area contributed by atoms with E-state index in [-0.39, 0.29) is 5.92 Å². The van der Waals surface area contributed by atoms with Gasteiger partial charge in [0, 0.05) is 27.2 Å². The van der Waals surface area contributed by atoms with E-state index in [1.165, 1.54) is 45.6 Å². The Bertz CT molecular complexity index is 210. The molecular weight excluding hydrogens is 278 g/mol. The summed E-state index contributed by atoms with van der Waals surface area (Å²) in [5, 5.41) is 0. The van der Waals surface area contributed by atoms with Crippen LogP contribution in [-0.4, -0.2) is 34.4 Å². The quantitative estimate of drug-likeness (QED) is 0.399. The first-order valence-electron chi connectivity index (χ1n) is 8.79. The van der Waals surface area contributed by atoms with Gasteiger partial charge in [-0.3, -0.25) is 0 Å². The van der Waals surface area contributed by atoms with Crippen molar-refractivity contribution in [3.05, 3.63) is 0 Å². The fourth-order valence-corrected chi connectivity index (χ4v) is 2.93. The lowest BCUT2D eigenvalue weighted by Gasteiger charge is -2.37. The summed E-state index contributed by atoms with van der Waals surface area (Å²) in [4.78, 5) is 0. The third kappa shape index (κ3) is 9.78. The molecule has 0 aliphatic heterocycles. The van der Waals surface area contributed by atoms with E-state index in [1.54, 1.807) is 21.3 Å². The molecule has 1 unspecified atom stereocenters. The van der Waals surface area contributed by atoms with Crippen LogP contribution in [0.3, 0.4) is 0 Å². The van der Waals surface area contributed by atoms with E-state index < -0.39 is 5.97 Å². The van der Waals surface area contributed by atoms with Crippen LogP contribution in [0, 0.1) is 11.8 Å². The number of hydrogen-bond acceptors (Lipinski definition) is 4. The van der Waals surface area contributed by atoms with Crippen molar-refractivity contribution in [3.63, 3.8) is 0 Å². The van der Waals surface area contributed by atoms with Gasteiger partial charge in [0.25, 0.3) is 5.97 Å². The lowest BCUT2D eigenvalue weighted by Crippen LogP contribution is -2.44. The number of hydrogen-bond donors (Lipinski definition) is 1. The predicted octanol–water partition coefficient (Wildman–Crippen LogP) is 4.57. The molecule has 4 heteroatoms. The smallest absolute Gasteiger partial charge is 0.285 e. The number of unbranched alkanes of at least 4 members (excludes halogenated alkanes) is 5. The number of nitrogens with two attached hydrogens (primary N) is 1. The van der Waals surface area contributed by atoms with Crippen LogP contribution in [0.5, 0.6) is 0 Å². The van der Waals surface area contributed by atoms with Gasteiger partial charge in [-0.05, 0) is 25.8 Å². The highest BCUT2D eigenvalue weighted by Crippen LogP contribution is 2.33. The minimum atomic E-state index is -0.881. The van der Waals surface area contributed by atoms with Crippen molar-refractivity contribution < 1.29 is 14.2 Å². The molecule has 0 amide bonds. The SMILES string of the molecule is CCCCCCCCC(CC(C)C)C(OC)(OC)OC.CN. The van der Waals surface area contributed by atoms with E-state index in [0.717, 1.165) is 12.8 Å². The van der Waals surface area contributed by atoms with Gasteiger partial charge in [-0.25, -0.2) is 0 Å². The fourth-order valence-electron chi connectivity index (χ4n) is 2.93. The standard InChI is InChI=1S/C17H36O3.CH5N/c1-7-8-9-10-11-12-13-16(14-15(2)3)17(18-4,19-5)20-6;1-2/h15-16H,7-14H2,1-6H3;2H2,1H3. The molecule has 136 valence electrons. The Morgan fingerprint density at radius 2 is 1.27 bits per heavy atom. The third-order valence-electron chi connectivity index (χ3n) is 4.02. The summed E-state index contributed by atoms with van der Waals surface area (Å²) in [6.07, 6.45) is 10.0. The maximum atomic E-state index is 5.55. The summed E-state index contributed by atoms with van der Waals surface area (Å²) in [5.41, 5.74) is 4.50. The fraction of sp³-hybridized carbons (Fsp3) is 1.00. The summed E-state index contributed by atoms with van der Waals surface area (Å²) < 4.78 is 16.7. The van der Waals surface area contributed by atoms with Crippen LogP contribution < -0.4 is 5.73 Å².